The van der Waals surface area contributed by atoms with Gasteiger partial charge in [0.15, 0.2) is 0 Å². The number of amides is 1. The number of aryl methyl sites for hydroxylation is 1. The number of carbonyl (C=O) groups is 2. The van der Waals surface area contributed by atoms with Crippen LogP contribution < -0.4 is 5.32 Å². The number of aliphatic carboxylic acids is 1. The van der Waals surface area contributed by atoms with Gasteiger partial charge in [0.1, 0.15) is 6.04 Å². The minimum absolute atomic E-state index is 0.196. The molecule has 0 unspecified atom stereocenters. The van der Waals surface area contributed by atoms with Crippen LogP contribution in [0.4, 0.5) is 0 Å². The van der Waals surface area contributed by atoms with Gasteiger partial charge in [0.05, 0.1) is 0 Å². The Balaban J connectivity index is 1.79. The number of halogens is 1. The fourth-order valence-electron chi connectivity index (χ4n) is 2.23. The number of nitrogens with zero attached hydrogens (tertiary/aromatic N) is 2. The molecule has 140 valence electrons. The standard InChI is InChI=1S/C17H20ClN3O4S/c1-26-10-9-13(17(23)24)19-14(22)3-2-4-15-20-16(21-25-15)11-5-7-12(18)8-6-11/h5-8,13H,2-4,9-10H2,1H3,(H,19,22)(H,23,24)/t13-/m1/s1. The number of aromatic nitrogens is 2. The van der Waals surface area contributed by atoms with Crippen LogP contribution in [0.1, 0.15) is 25.2 Å². The summed E-state index contributed by atoms with van der Waals surface area (Å²) < 4.78 is 5.18. The quantitative estimate of drug-likeness (QED) is 0.634. The first kappa shape index (κ1) is 20.3. The fraction of sp³-hybridized carbons (Fsp3) is 0.412. The molecule has 0 fully saturated rings. The summed E-state index contributed by atoms with van der Waals surface area (Å²) in [6, 6.07) is 6.23. The van der Waals surface area contributed by atoms with Gasteiger partial charge >= 0.3 is 5.97 Å². The van der Waals surface area contributed by atoms with Crippen LogP contribution in [0.2, 0.25) is 5.02 Å². The van der Waals surface area contributed by atoms with Crippen molar-refractivity contribution in [1.29, 1.82) is 0 Å². The summed E-state index contributed by atoms with van der Waals surface area (Å²) in [6.45, 7) is 0. The average molecular weight is 398 g/mol. The number of carboxylic acids is 1. The van der Waals surface area contributed by atoms with Crippen LogP contribution in [0, 0.1) is 0 Å². The van der Waals surface area contributed by atoms with E-state index in [1.807, 2.05) is 6.26 Å². The average Bonchev–Trinajstić information content (AvgIpc) is 3.08. The van der Waals surface area contributed by atoms with E-state index in [-0.39, 0.29) is 12.3 Å². The van der Waals surface area contributed by atoms with Crippen molar-refractivity contribution in [1.82, 2.24) is 15.5 Å². The van der Waals surface area contributed by atoms with Crippen LogP contribution in [-0.4, -0.2) is 45.2 Å². The van der Waals surface area contributed by atoms with Crippen molar-refractivity contribution < 1.29 is 19.2 Å². The van der Waals surface area contributed by atoms with Gasteiger partial charge in [-0.2, -0.15) is 16.7 Å². The van der Waals surface area contributed by atoms with Crippen LogP contribution in [0.25, 0.3) is 11.4 Å². The summed E-state index contributed by atoms with van der Waals surface area (Å²) in [7, 11) is 0. The summed E-state index contributed by atoms with van der Waals surface area (Å²) in [6.07, 6.45) is 3.42. The minimum Gasteiger partial charge on any atom is -0.480 e. The summed E-state index contributed by atoms with van der Waals surface area (Å²) in [5, 5.41) is 16.2. The zero-order valence-corrected chi connectivity index (χ0v) is 15.8. The van der Waals surface area contributed by atoms with Crippen LogP contribution in [0.15, 0.2) is 28.8 Å². The van der Waals surface area contributed by atoms with E-state index in [1.54, 1.807) is 36.0 Å². The monoisotopic (exact) mass is 397 g/mol. The highest BCUT2D eigenvalue weighted by Gasteiger charge is 2.19. The third kappa shape index (κ3) is 6.34. The van der Waals surface area contributed by atoms with Crippen LogP contribution >= 0.6 is 23.4 Å². The molecule has 26 heavy (non-hydrogen) atoms. The van der Waals surface area contributed by atoms with Crippen LogP contribution in [0.5, 0.6) is 0 Å². The normalized spacial score (nSPS) is 11.9. The second-order valence-electron chi connectivity index (χ2n) is 5.61. The molecule has 2 aromatic rings. The largest absolute Gasteiger partial charge is 0.480 e. The molecule has 0 aliphatic carbocycles. The summed E-state index contributed by atoms with van der Waals surface area (Å²) in [4.78, 5) is 27.3. The number of carbonyl (C=O) groups excluding carboxylic acids is 1. The Morgan fingerprint density at radius 2 is 2.08 bits per heavy atom. The Morgan fingerprint density at radius 1 is 1.35 bits per heavy atom. The molecule has 9 heteroatoms. The Bertz CT molecular complexity index is 736. The van der Waals surface area contributed by atoms with Gasteiger partial charge in [-0.25, -0.2) is 4.79 Å². The molecule has 0 saturated carbocycles. The second-order valence-corrected chi connectivity index (χ2v) is 7.03. The van der Waals surface area contributed by atoms with Crippen molar-refractivity contribution in [2.24, 2.45) is 0 Å². The van der Waals surface area contributed by atoms with Gasteiger partial charge in [-0.3, -0.25) is 4.79 Å². The number of hydrogen-bond donors (Lipinski definition) is 2. The van der Waals surface area contributed by atoms with Gasteiger partial charge in [-0.1, -0.05) is 16.8 Å². The zero-order valence-electron chi connectivity index (χ0n) is 14.3. The lowest BCUT2D eigenvalue weighted by Crippen LogP contribution is -2.41. The Hall–Kier alpha value is -2.06. The molecule has 7 nitrogen and oxygen atoms in total. The number of thioether (sulfide) groups is 1. The van der Waals surface area contributed by atoms with Crippen molar-refractivity contribution in [3.05, 3.63) is 35.2 Å². The third-order valence-electron chi connectivity index (χ3n) is 3.61. The molecular weight excluding hydrogens is 378 g/mol. The SMILES string of the molecule is CSCC[C@@H](NC(=O)CCCc1nc(-c2ccc(Cl)cc2)no1)C(=O)O. The first-order valence-corrected chi connectivity index (χ1v) is 9.86. The zero-order chi connectivity index (χ0) is 18.9. The van der Waals surface area contributed by atoms with E-state index in [4.69, 9.17) is 21.2 Å². The van der Waals surface area contributed by atoms with Crippen molar-refractivity contribution in [2.75, 3.05) is 12.0 Å². The Kier molecular flexibility index (Phi) is 7.93. The minimum atomic E-state index is -1.02. The van der Waals surface area contributed by atoms with Gasteiger partial charge in [-0.05, 0) is 49.1 Å². The lowest BCUT2D eigenvalue weighted by Gasteiger charge is -2.13. The maximum Gasteiger partial charge on any atom is 0.326 e. The van der Waals surface area contributed by atoms with Gasteiger partial charge in [-0.15, -0.1) is 0 Å². The van der Waals surface area contributed by atoms with E-state index < -0.39 is 12.0 Å². The number of hydrogen-bond acceptors (Lipinski definition) is 6. The second kappa shape index (κ2) is 10.2. The lowest BCUT2D eigenvalue weighted by atomic mass is 10.2. The van der Waals surface area contributed by atoms with Gasteiger partial charge in [0.2, 0.25) is 17.6 Å². The molecule has 2 N–H and O–H groups in total. The van der Waals surface area contributed by atoms with Crippen molar-refractivity contribution in [2.45, 2.75) is 31.7 Å². The molecule has 1 aromatic carbocycles. The molecule has 1 aromatic heterocycles. The Morgan fingerprint density at radius 3 is 2.73 bits per heavy atom. The lowest BCUT2D eigenvalue weighted by molar-refractivity contribution is -0.141. The van der Waals surface area contributed by atoms with Crippen LogP contribution in [0.3, 0.4) is 0 Å². The molecule has 0 radical (unpaired) electrons. The molecule has 1 amide bonds. The molecular formula is C17H20ClN3O4S. The van der Waals surface area contributed by atoms with Crippen molar-refractivity contribution in [3.63, 3.8) is 0 Å². The molecule has 0 bridgehead atoms. The predicted molar refractivity (Wildman–Crippen MR) is 100 cm³/mol. The van der Waals surface area contributed by atoms with E-state index in [9.17, 15) is 9.59 Å². The maximum atomic E-state index is 11.9. The summed E-state index contributed by atoms with van der Waals surface area (Å²) in [5.41, 5.74) is 0.792. The highest BCUT2D eigenvalue weighted by molar-refractivity contribution is 7.98. The summed E-state index contributed by atoms with van der Waals surface area (Å²) >= 11 is 7.39. The number of nitrogens with one attached hydrogen (secondary N) is 1. The molecule has 1 heterocycles. The maximum absolute atomic E-state index is 11.9. The first-order valence-electron chi connectivity index (χ1n) is 8.09. The van der Waals surface area contributed by atoms with E-state index in [0.29, 0.717) is 41.8 Å². The topological polar surface area (TPSA) is 105 Å². The van der Waals surface area contributed by atoms with Crippen molar-refractivity contribution >= 4 is 35.2 Å². The summed E-state index contributed by atoms with van der Waals surface area (Å²) in [5.74, 6) is 0.254. The number of rotatable bonds is 10. The fourth-order valence-corrected chi connectivity index (χ4v) is 2.83. The highest BCUT2D eigenvalue weighted by Crippen LogP contribution is 2.19. The van der Waals surface area contributed by atoms with Crippen molar-refractivity contribution in [3.8, 4) is 11.4 Å². The molecule has 0 aliphatic heterocycles. The van der Waals surface area contributed by atoms with Gasteiger partial charge in [0, 0.05) is 23.4 Å². The van der Waals surface area contributed by atoms with Gasteiger partial charge in [0.25, 0.3) is 0 Å². The van der Waals surface area contributed by atoms with E-state index >= 15 is 0 Å². The Labute approximate surface area is 160 Å². The molecule has 0 spiro atoms. The first-order chi connectivity index (χ1) is 12.5. The number of carboxylic acid groups (broad SMARTS) is 1. The smallest absolute Gasteiger partial charge is 0.326 e. The molecule has 0 aliphatic rings. The number of benzene rings is 1. The molecule has 0 saturated heterocycles. The highest BCUT2D eigenvalue weighted by atomic mass is 35.5. The third-order valence-corrected chi connectivity index (χ3v) is 4.50. The van der Waals surface area contributed by atoms with Crippen LogP contribution in [-0.2, 0) is 16.0 Å². The predicted octanol–water partition coefficient (Wildman–Crippen LogP) is 3.04. The van der Waals surface area contributed by atoms with E-state index in [2.05, 4.69) is 15.5 Å². The van der Waals surface area contributed by atoms with E-state index in [0.717, 1.165) is 5.56 Å². The molecule has 2 rings (SSSR count). The van der Waals surface area contributed by atoms with Gasteiger partial charge < -0.3 is 14.9 Å². The molecule has 1 atom stereocenters. The van der Waals surface area contributed by atoms with E-state index in [1.165, 1.54) is 0 Å².